The van der Waals surface area contributed by atoms with Gasteiger partial charge in [-0.05, 0) is 30.3 Å². The predicted molar refractivity (Wildman–Crippen MR) is 112 cm³/mol. The summed E-state index contributed by atoms with van der Waals surface area (Å²) in [5.41, 5.74) is 2.21. The van der Waals surface area contributed by atoms with E-state index in [-0.39, 0.29) is 5.56 Å². The SMILES string of the molecule is COc1cccc(-c2ccc(=O)n(CCc3nc(-c4cccc(Br)c4)no3)n2)c1. The van der Waals surface area contributed by atoms with Crippen LogP contribution in [0, 0.1) is 0 Å². The summed E-state index contributed by atoms with van der Waals surface area (Å²) in [6, 6.07) is 18.4. The molecule has 4 aromatic rings. The zero-order valence-corrected chi connectivity index (χ0v) is 17.2. The Morgan fingerprint density at radius 2 is 1.90 bits per heavy atom. The van der Waals surface area contributed by atoms with Crippen molar-refractivity contribution in [3.63, 3.8) is 0 Å². The van der Waals surface area contributed by atoms with E-state index in [1.165, 1.54) is 10.7 Å². The highest BCUT2D eigenvalue weighted by Gasteiger charge is 2.11. The van der Waals surface area contributed by atoms with Crippen LogP contribution in [-0.4, -0.2) is 27.0 Å². The molecule has 0 N–H and O–H groups in total. The Morgan fingerprint density at radius 1 is 1.07 bits per heavy atom. The van der Waals surface area contributed by atoms with Crippen molar-refractivity contribution >= 4 is 15.9 Å². The fourth-order valence-electron chi connectivity index (χ4n) is 2.85. The van der Waals surface area contributed by atoms with E-state index in [2.05, 4.69) is 31.2 Å². The van der Waals surface area contributed by atoms with E-state index in [1.54, 1.807) is 13.2 Å². The Morgan fingerprint density at radius 3 is 2.72 bits per heavy atom. The molecular weight excluding hydrogens is 436 g/mol. The van der Waals surface area contributed by atoms with E-state index in [1.807, 2.05) is 48.5 Å². The molecule has 0 fully saturated rings. The summed E-state index contributed by atoms with van der Waals surface area (Å²) in [6.07, 6.45) is 0.398. The molecule has 0 aliphatic heterocycles. The molecular formula is C21H17BrN4O3. The molecule has 0 aliphatic carbocycles. The average molecular weight is 453 g/mol. The van der Waals surface area contributed by atoms with Crippen LogP contribution in [0.4, 0.5) is 0 Å². The lowest BCUT2D eigenvalue weighted by atomic mass is 10.1. The third-order valence-electron chi connectivity index (χ3n) is 4.32. The summed E-state index contributed by atoms with van der Waals surface area (Å²) in [5.74, 6) is 1.68. The first-order valence-corrected chi connectivity index (χ1v) is 9.73. The van der Waals surface area contributed by atoms with Gasteiger partial charge in [0.15, 0.2) is 0 Å². The lowest BCUT2D eigenvalue weighted by Gasteiger charge is -2.07. The molecule has 0 spiro atoms. The Hall–Kier alpha value is -3.26. The Kier molecular flexibility index (Phi) is 5.53. The quantitative estimate of drug-likeness (QED) is 0.439. The van der Waals surface area contributed by atoms with Crippen LogP contribution in [0.15, 0.2) is 74.5 Å². The van der Waals surface area contributed by atoms with Crippen molar-refractivity contribution in [3.05, 3.63) is 81.4 Å². The third-order valence-corrected chi connectivity index (χ3v) is 4.81. The van der Waals surface area contributed by atoms with Crippen LogP contribution in [0.1, 0.15) is 5.89 Å². The number of hydrogen-bond acceptors (Lipinski definition) is 6. The minimum atomic E-state index is -0.191. The molecule has 0 unspecified atom stereocenters. The molecule has 0 saturated carbocycles. The largest absolute Gasteiger partial charge is 0.497 e. The van der Waals surface area contributed by atoms with Gasteiger partial charge in [0.1, 0.15) is 5.75 Å². The summed E-state index contributed by atoms with van der Waals surface area (Å²) >= 11 is 3.43. The van der Waals surface area contributed by atoms with Crippen LogP contribution >= 0.6 is 15.9 Å². The second-order valence-electron chi connectivity index (χ2n) is 6.28. The first-order chi connectivity index (χ1) is 14.1. The molecule has 0 aliphatic rings. The molecule has 0 bridgehead atoms. The predicted octanol–water partition coefficient (Wildman–Crippen LogP) is 3.97. The highest BCUT2D eigenvalue weighted by molar-refractivity contribution is 9.10. The van der Waals surface area contributed by atoms with Gasteiger partial charge in [-0.3, -0.25) is 4.79 Å². The van der Waals surface area contributed by atoms with Gasteiger partial charge in [0.25, 0.3) is 5.56 Å². The monoisotopic (exact) mass is 452 g/mol. The van der Waals surface area contributed by atoms with E-state index < -0.39 is 0 Å². The number of hydrogen-bond donors (Lipinski definition) is 0. The molecule has 29 heavy (non-hydrogen) atoms. The van der Waals surface area contributed by atoms with Crippen LogP contribution in [0.3, 0.4) is 0 Å². The summed E-state index contributed by atoms with van der Waals surface area (Å²) in [6.45, 7) is 0.330. The highest BCUT2D eigenvalue weighted by Crippen LogP contribution is 2.22. The summed E-state index contributed by atoms with van der Waals surface area (Å²) in [4.78, 5) is 16.6. The number of aromatic nitrogens is 4. The molecule has 0 radical (unpaired) electrons. The lowest BCUT2D eigenvalue weighted by molar-refractivity contribution is 0.368. The number of benzene rings is 2. The fraction of sp³-hybridized carbons (Fsp3) is 0.143. The minimum absolute atomic E-state index is 0.191. The van der Waals surface area contributed by atoms with Crippen LogP contribution < -0.4 is 10.3 Å². The summed E-state index contributed by atoms with van der Waals surface area (Å²) in [5, 5.41) is 8.48. The smallest absolute Gasteiger partial charge is 0.266 e. The van der Waals surface area contributed by atoms with Crippen molar-refractivity contribution in [3.8, 4) is 28.4 Å². The zero-order chi connectivity index (χ0) is 20.2. The van der Waals surface area contributed by atoms with Crippen LogP contribution in [-0.2, 0) is 13.0 Å². The Balaban J connectivity index is 1.52. The van der Waals surface area contributed by atoms with E-state index in [9.17, 15) is 4.79 Å². The second kappa shape index (κ2) is 8.40. The number of nitrogens with zero attached hydrogens (tertiary/aromatic N) is 4. The van der Waals surface area contributed by atoms with Crippen LogP contribution in [0.2, 0.25) is 0 Å². The maximum atomic E-state index is 12.2. The van der Waals surface area contributed by atoms with Gasteiger partial charge in [-0.1, -0.05) is 45.4 Å². The molecule has 2 heterocycles. The van der Waals surface area contributed by atoms with Crippen LogP contribution in [0.5, 0.6) is 5.75 Å². The Labute approximate surface area is 175 Å². The van der Waals surface area contributed by atoms with E-state index >= 15 is 0 Å². The van der Waals surface area contributed by atoms with Crippen molar-refractivity contribution in [2.45, 2.75) is 13.0 Å². The van der Waals surface area contributed by atoms with Gasteiger partial charge in [0.05, 0.1) is 19.3 Å². The maximum Gasteiger partial charge on any atom is 0.266 e. The van der Waals surface area contributed by atoms with E-state index in [0.717, 1.165) is 21.3 Å². The molecule has 0 saturated heterocycles. The van der Waals surface area contributed by atoms with Crippen molar-refractivity contribution in [1.82, 2.24) is 19.9 Å². The average Bonchev–Trinajstić information content (AvgIpc) is 3.22. The molecule has 146 valence electrons. The molecule has 2 aromatic heterocycles. The molecule has 0 atom stereocenters. The number of ether oxygens (including phenoxy) is 1. The van der Waals surface area contributed by atoms with E-state index in [4.69, 9.17) is 9.26 Å². The third kappa shape index (κ3) is 4.43. The van der Waals surface area contributed by atoms with Crippen molar-refractivity contribution in [2.24, 2.45) is 0 Å². The molecule has 2 aromatic carbocycles. The van der Waals surface area contributed by atoms with Crippen molar-refractivity contribution in [2.75, 3.05) is 7.11 Å². The standard InChI is InChI=1S/C21H17BrN4O3/c1-28-17-7-3-4-14(13-17)18-8-9-20(27)26(24-18)11-10-19-23-21(25-29-19)15-5-2-6-16(22)12-15/h2-9,12-13H,10-11H2,1H3. The fourth-order valence-corrected chi connectivity index (χ4v) is 3.25. The highest BCUT2D eigenvalue weighted by atomic mass is 79.9. The van der Waals surface area contributed by atoms with Gasteiger partial charge in [0, 0.05) is 28.1 Å². The van der Waals surface area contributed by atoms with Gasteiger partial charge in [0.2, 0.25) is 11.7 Å². The number of aryl methyl sites for hydroxylation is 2. The van der Waals surface area contributed by atoms with Gasteiger partial charge in [-0.25, -0.2) is 4.68 Å². The normalized spacial score (nSPS) is 10.8. The zero-order valence-electron chi connectivity index (χ0n) is 15.6. The van der Waals surface area contributed by atoms with Crippen molar-refractivity contribution in [1.29, 1.82) is 0 Å². The topological polar surface area (TPSA) is 83.0 Å². The van der Waals surface area contributed by atoms with E-state index in [0.29, 0.717) is 30.4 Å². The first-order valence-electron chi connectivity index (χ1n) is 8.93. The molecule has 0 amide bonds. The second-order valence-corrected chi connectivity index (χ2v) is 7.20. The van der Waals surface area contributed by atoms with Gasteiger partial charge >= 0.3 is 0 Å². The minimum Gasteiger partial charge on any atom is -0.497 e. The number of halogens is 1. The Bertz CT molecular complexity index is 1200. The first kappa shape index (κ1) is 19.1. The van der Waals surface area contributed by atoms with Crippen molar-refractivity contribution < 1.29 is 9.26 Å². The molecule has 4 rings (SSSR count). The van der Waals surface area contributed by atoms with Gasteiger partial charge in [-0.15, -0.1) is 0 Å². The number of rotatable bonds is 6. The lowest BCUT2D eigenvalue weighted by Crippen LogP contribution is -2.23. The molecule has 7 nitrogen and oxygen atoms in total. The van der Waals surface area contributed by atoms with Crippen LogP contribution in [0.25, 0.3) is 22.6 Å². The summed E-state index contributed by atoms with van der Waals surface area (Å²) in [7, 11) is 1.61. The van der Waals surface area contributed by atoms with Gasteiger partial charge < -0.3 is 9.26 Å². The maximum absolute atomic E-state index is 12.2. The molecule has 8 heteroatoms. The number of methoxy groups -OCH3 is 1. The van der Waals surface area contributed by atoms with Gasteiger partial charge in [-0.2, -0.15) is 10.1 Å². The summed E-state index contributed by atoms with van der Waals surface area (Å²) < 4.78 is 12.9.